The number of aromatic amines is 1. The minimum absolute atomic E-state index is 0.0285. The first-order valence-electron chi connectivity index (χ1n) is 9.16. The van der Waals surface area contributed by atoms with E-state index in [1.807, 2.05) is 23.2 Å². The maximum absolute atomic E-state index is 13.2. The predicted molar refractivity (Wildman–Crippen MR) is 99.4 cm³/mol. The molecule has 1 atom stereocenters. The highest BCUT2D eigenvalue weighted by molar-refractivity contribution is 5.88. The molecular formula is C20H27N3O3. The number of benzene rings is 1. The highest BCUT2D eigenvalue weighted by Gasteiger charge is 2.34. The van der Waals surface area contributed by atoms with Gasteiger partial charge < -0.3 is 9.64 Å². The van der Waals surface area contributed by atoms with Crippen molar-refractivity contribution in [3.8, 4) is 0 Å². The average molecular weight is 357 g/mol. The number of aromatic nitrogens is 2. The number of nitrogens with zero attached hydrogens (tertiary/aromatic N) is 2. The van der Waals surface area contributed by atoms with E-state index in [2.05, 4.69) is 31.0 Å². The molecule has 2 heterocycles. The van der Waals surface area contributed by atoms with E-state index in [1.165, 1.54) is 0 Å². The molecule has 26 heavy (non-hydrogen) atoms. The maximum atomic E-state index is 13.2. The van der Waals surface area contributed by atoms with Gasteiger partial charge in [0.05, 0.1) is 30.7 Å². The second kappa shape index (κ2) is 7.09. The van der Waals surface area contributed by atoms with Crippen molar-refractivity contribution in [2.45, 2.75) is 47.1 Å². The molecule has 1 N–H and O–H groups in total. The van der Waals surface area contributed by atoms with Gasteiger partial charge >= 0.3 is 5.97 Å². The summed E-state index contributed by atoms with van der Waals surface area (Å²) in [6.45, 7) is 9.64. The van der Waals surface area contributed by atoms with Crippen molar-refractivity contribution in [3.05, 3.63) is 29.5 Å². The van der Waals surface area contributed by atoms with Crippen LogP contribution in [0, 0.1) is 11.3 Å². The van der Waals surface area contributed by atoms with Gasteiger partial charge in [-0.25, -0.2) is 0 Å². The molecule has 1 unspecified atom stereocenters. The number of nitrogens with one attached hydrogen (secondary N) is 1. The summed E-state index contributed by atoms with van der Waals surface area (Å²) < 4.78 is 5.09. The number of amides is 1. The fraction of sp³-hybridized carbons (Fsp3) is 0.550. The molecule has 0 fully saturated rings. The van der Waals surface area contributed by atoms with Crippen molar-refractivity contribution in [3.63, 3.8) is 0 Å². The standard InChI is InChI=1S/C20H27N3O3/c1-5-26-18(24)9-14-8-13-6-7-17-15(10-21-22-17)16(13)11-23(19(14)25)12-20(2,3)4/h6-7,10,14H,5,8-9,11-12H2,1-4H3,(H,21,22). The first kappa shape index (κ1) is 18.4. The molecule has 0 saturated carbocycles. The molecule has 1 aromatic carbocycles. The van der Waals surface area contributed by atoms with E-state index in [4.69, 9.17) is 4.74 Å². The molecule has 2 aromatic rings. The predicted octanol–water partition coefficient (Wildman–Crippen LogP) is 3.06. The Kier molecular flexibility index (Phi) is 5.03. The summed E-state index contributed by atoms with van der Waals surface area (Å²) >= 11 is 0. The molecule has 0 bridgehead atoms. The van der Waals surface area contributed by atoms with Gasteiger partial charge in [0.2, 0.25) is 5.91 Å². The lowest BCUT2D eigenvalue weighted by Gasteiger charge is -2.31. The van der Waals surface area contributed by atoms with Gasteiger partial charge in [-0.3, -0.25) is 14.7 Å². The number of carbonyl (C=O) groups excluding carboxylic acids is 2. The van der Waals surface area contributed by atoms with Crippen LogP contribution in [-0.4, -0.2) is 40.1 Å². The molecule has 1 aromatic heterocycles. The Bertz CT molecular complexity index is 819. The van der Waals surface area contributed by atoms with Gasteiger partial charge in [-0.1, -0.05) is 26.8 Å². The summed E-state index contributed by atoms with van der Waals surface area (Å²) in [6, 6.07) is 4.04. The lowest BCUT2D eigenvalue weighted by atomic mass is 9.92. The second-order valence-electron chi connectivity index (χ2n) is 8.20. The van der Waals surface area contributed by atoms with Crippen LogP contribution in [0.15, 0.2) is 18.3 Å². The molecule has 0 radical (unpaired) electrons. The van der Waals surface area contributed by atoms with E-state index >= 15 is 0 Å². The van der Waals surface area contributed by atoms with E-state index in [-0.39, 0.29) is 29.6 Å². The molecule has 1 aliphatic rings. The van der Waals surface area contributed by atoms with Gasteiger partial charge in [-0.15, -0.1) is 0 Å². The van der Waals surface area contributed by atoms with Crippen LogP contribution in [0.4, 0.5) is 0 Å². The Hall–Kier alpha value is -2.37. The summed E-state index contributed by atoms with van der Waals surface area (Å²) in [5.41, 5.74) is 3.17. The van der Waals surface area contributed by atoms with Crippen molar-refractivity contribution in [2.24, 2.45) is 11.3 Å². The van der Waals surface area contributed by atoms with Gasteiger partial charge in [0.15, 0.2) is 0 Å². The summed E-state index contributed by atoms with van der Waals surface area (Å²) in [5, 5.41) is 8.19. The number of H-pyrrole nitrogens is 1. The number of carbonyl (C=O) groups is 2. The Labute approximate surface area is 153 Å². The van der Waals surface area contributed by atoms with Crippen LogP contribution < -0.4 is 0 Å². The van der Waals surface area contributed by atoms with E-state index in [9.17, 15) is 9.59 Å². The first-order valence-corrected chi connectivity index (χ1v) is 9.16. The molecule has 0 spiro atoms. The van der Waals surface area contributed by atoms with Crippen LogP contribution in [0.5, 0.6) is 0 Å². The van der Waals surface area contributed by atoms with Gasteiger partial charge in [-0.2, -0.15) is 5.10 Å². The van der Waals surface area contributed by atoms with Gasteiger partial charge in [-0.05, 0) is 36.0 Å². The highest BCUT2D eigenvalue weighted by Crippen LogP contribution is 2.31. The number of rotatable bonds is 4. The van der Waals surface area contributed by atoms with Crippen molar-refractivity contribution in [2.75, 3.05) is 13.2 Å². The number of ether oxygens (including phenoxy) is 1. The smallest absolute Gasteiger partial charge is 0.306 e. The maximum Gasteiger partial charge on any atom is 0.306 e. The fourth-order valence-corrected chi connectivity index (χ4v) is 3.67. The third-order valence-electron chi connectivity index (χ3n) is 4.69. The number of hydrogen-bond donors (Lipinski definition) is 1. The minimum Gasteiger partial charge on any atom is -0.466 e. The Morgan fingerprint density at radius 1 is 1.38 bits per heavy atom. The molecule has 1 amide bonds. The average Bonchev–Trinajstić information content (AvgIpc) is 2.98. The Morgan fingerprint density at radius 3 is 2.85 bits per heavy atom. The van der Waals surface area contributed by atoms with Crippen molar-refractivity contribution in [1.29, 1.82) is 0 Å². The zero-order chi connectivity index (χ0) is 18.9. The summed E-state index contributed by atoms with van der Waals surface area (Å²) in [7, 11) is 0. The summed E-state index contributed by atoms with van der Waals surface area (Å²) in [5.74, 6) is -0.669. The molecule has 6 heteroatoms. The normalized spacial score (nSPS) is 17.9. The number of esters is 1. The molecule has 140 valence electrons. The van der Waals surface area contributed by atoms with Crippen molar-refractivity contribution < 1.29 is 14.3 Å². The number of hydrogen-bond acceptors (Lipinski definition) is 4. The van der Waals surface area contributed by atoms with Gasteiger partial charge in [0.25, 0.3) is 0 Å². The van der Waals surface area contributed by atoms with Crippen LogP contribution in [0.3, 0.4) is 0 Å². The molecule has 0 aliphatic carbocycles. The van der Waals surface area contributed by atoms with Crippen LogP contribution in [-0.2, 0) is 27.3 Å². The third-order valence-corrected chi connectivity index (χ3v) is 4.69. The highest BCUT2D eigenvalue weighted by atomic mass is 16.5. The third kappa shape index (κ3) is 3.89. The van der Waals surface area contributed by atoms with Crippen molar-refractivity contribution in [1.82, 2.24) is 15.1 Å². The summed E-state index contributed by atoms with van der Waals surface area (Å²) in [6.07, 6.45) is 2.49. The molecule has 0 saturated heterocycles. The topological polar surface area (TPSA) is 75.3 Å². The van der Waals surface area contributed by atoms with E-state index in [0.29, 0.717) is 26.1 Å². The van der Waals surface area contributed by atoms with E-state index < -0.39 is 0 Å². The van der Waals surface area contributed by atoms with Gasteiger partial charge in [0, 0.05) is 18.5 Å². The Balaban J connectivity index is 1.99. The van der Waals surface area contributed by atoms with E-state index in [1.54, 1.807) is 6.92 Å². The monoisotopic (exact) mass is 357 g/mol. The summed E-state index contributed by atoms with van der Waals surface area (Å²) in [4.78, 5) is 27.1. The lowest BCUT2D eigenvalue weighted by molar-refractivity contribution is -0.149. The van der Waals surface area contributed by atoms with Crippen LogP contribution >= 0.6 is 0 Å². The fourth-order valence-electron chi connectivity index (χ4n) is 3.67. The van der Waals surface area contributed by atoms with Crippen molar-refractivity contribution >= 4 is 22.8 Å². The first-order chi connectivity index (χ1) is 12.3. The minimum atomic E-state index is -0.387. The Morgan fingerprint density at radius 2 is 2.15 bits per heavy atom. The SMILES string of the molecule is CCOC(=O)CC1Cc2ccc3[nH]ncc3c2CN(CC(C)(C)C)C1=O. The van der Waals surface area contributed by atoms with Crippen LogP contribution in [0.2, 0.25) is 0 Å². The molecular weight excluding hydrogens is 330 g/mol. The van der Waals surface area contributed by atoms with Crippen LogP contribution in [0.1, 0.15) is 45.2 Å². The van der Waals surface area contributed by atoms with Gasteiger partial charge in [0.1, 0.15) is 0 Å². The molecule has 3 rings (SSSR count). The molecule has 1 aliphatic heterocycles. The van der Waals surface area contributed by atoms with E-state index in [0.717, 1.165) is 22.0 Å². The molecule has 6 nitrogen and oxygen atoms in total. The lowest BCUT2D eigenvalue weighted by Crippen LogP contribution is -2.40. The second-order valence-corrected chi connectivity index (χ2v) is 8.20. The largest absolute Gasteiger partial charge is 0.466 e. The zero-order valence-corrected chi connectivity index (χ0v) is 16.0. The zero-order valence-electron chi connectivity index (χ0n) is 16.0. The quantitative estimate of drug-likeness (QED) is 0.854. The number of fused-ring (bicyclic) bond motifs is 3. The van der Waals surface area contributed by atoms with Crippen LogP contribution in [0.25, 0.3) is 10.9 Å².